The molecule has 0 amide bonds. The van der Waals surface area contributed by atoms with Gasteiger partial charge in [-0.3, -0.25) is 0 Å². The molecular weight excluding hydrogens is 284 g/mol. The molecular formula is C17H20O3S. The Morgan fingerprint density at radius 1 is 1.24 bits per heavy atom. The van der Waals surface area contributed by atoms with E-state index in [9.17, 15) is 4.79 Å². The number of furan rings is 1. The van der Waals surface area contributed by atoms with Crippen LogP contribution in [0, 0.1) is 6.92 Å². The molecule has 0 bridgehead atoms. The van der Waals surface area contributed by atoms with Crippen LogP contribution >= 0.6 is 11.8 Å². The molecule has 0 spiro atoms. The number of hydrogen-bond donors (Lipinski definition) is 1. The molecule has 2 aromatic rings. The predicted octanol–water partition coefficient (Wildman–Crippen LogP) is 4.88. The van der Waals surface area contributed by atoms with Gasteiger partial charge in [-0.15, -0.1) is 11.8 Å². The molecule has 2 rings (SSSR count). The minimum absolute atomic E-state index is 0.00572. The molecule has 0 atom stereocenters. The Morgan fingerprint density at radius 2 is 1.86 bits per heavy atom. The topological polar surface area (TPSA) is 50.4 Å². The number of aromatic carboxylic acids is 1. The largest absolute Gasteiger partial charge is 0.475 e. The summed E-state index contributed by atoms with van der Waals surface area (Å²) in [5.74, 6) is 0.360. The molecule has 21 heavy (non-hydrogen) atoms. The predicted molar refractivity (Wildman–Crippen MR) is 85.1 cm³/mol. The van der Waals surface area contributed by atoms with Crippen molar-refractivity contribution in [3.8, 4) is 0 Å². The van der Waals surface area contributed by atoms with Crippen LogP contribution in [-0.2, 0) is 11.2 Å². The van der Waals surface area contributed by atoms with Gasteiger partial charge in [0.15, 0.2) is 0 Å². The van der Waals surface area contributed by atoms with E-state index in [0.29, 0.717) is 11.5 Å². The van der Waals surface area contributed by atoms with E-state index in [1.807, 2.05) is 0 Å². The van der Waals surface area contributed by atoms with Crippen LogP contribution in [0.2, 0.25) is 0 Å². The van der Waals surface area contributed by atoms with Crippen molar-refractivity contribution in [1.82, 2.24) is 0 Å². The Morgan fingerprint density at radius 3 is 2.33 bits per heavy atom. The Bertz CT molecular complexity index is 633. The molecule has 3 nitrogen and oxygen atoms in total. The summed E-state index contributed by atoms with van der Waals surface area (Å²) in [7, 11) is 0. The minimum Gasteiger partial charge on any atom is -0.475 e. The first kappa shape index (κ1) is 15.7. The zero-order valence-corrected chi connectivity index (χ0v) is 13.6. The van der Waals surface area contributed by atoms with Crippen LogP contribution in [0.25, 0.3) is 0 Å². The maximum atomic E-state index is 10.9. The lowest BCUT2D eigenvalue weighted by Crippen LogP contribution is -2.10. The van der Waals surface area contributed by atoms with Gasteiger partial charge < -0.3 is 9.52 Å². The van der Waals surface area contributed by atoms with Gasteiger partial charge in [-0.25, -0.2) is 4.79 Å². The van der Waals surface area contributed by atoms with E-state index in [-0.39, 0.29) is 11.2 Å². The molecule has 0 fully saturated rings. The molecule has 1 heterocycles. The summed E-state index contributed by atoms with van der Waals surface area (Å²) in [6.45, 7) is 8.37. The Hall–Kier alpha value is -1.68. The van der Waals surface area contributed by atoms with E-state index < -0.39 is 5.97 Å². The van der Waals surface area contributed by atoms with E-state index in [4.69, 9.17) is 9.52 Å². The maximum Gasteiger partial charge on any atom is 0.371 e. The Balaban J connectivity index is 2.05. The highest BCUT2D eigenvalue weighted by Gasteiger charge is 2.14. The van der Waals surface area contributed by atoms with Gasteiger partial charge in [-0.2, -0.15) is 0 Å². The second-order valence-electron chi connectivity index (χ2n) is 6.06. The molecule has 1 N–H and O–H groups in total. The number of thioether (sulfide) groups is 1. The second kappa shape index (κ2) is 5.98. The third-order valence-corrected chi connectivity index (χ3v) is 4.41. The third kappa shape index (κ3) is 3.91. The van der Waals surface area contributed by atoms with Gasteiger partial charge in [0.1, 0.15) is 5.76 Å². The molecule has 0 saturated carbocycles. The SMILES string of the molecule is Cc1oc(C(=O)O)cc1CSc1ccc(C(C)(C)C)cc1. The molecule has 0 unspecified atom stereocenters. The fourth-order valence-corrected chi connectivity index (χ4v) is 2.92. The molecule has 0 radical (unpaired) electrons. The second-order valence-corrected chi connectivity index (χ2v) is 7.11. The molecule has 0 saturated heterocycles. The third-order valence-electron chi connectivity index (χ3n) is 3.35. The van der Waals surface area contributed by atoms with E-state index in [0.717, 1.165) is 5.56 Å². The van der Waals surface area contributed by atoms with Crippen molar-refractivity contribution in [2.24, 2.45) is 0 Å². The van der Waals surface area contributed by atoms with Gasteiger partial charge in [0.2, 0.25) is 5.76 Å². The summed E-state index contributed by atoms with van der Waals surface area (Å²) >= 11 is 1.68. The summed E-state index contributed by atoms with van der Waals surface area (Å²) in [6.07, 6.45) is 0. The number of carbonyl (C=O) groups is 1. The van der Waals surface area contributed by atoms with Crippen LogP contribution < -0.4 is 0 Å². The first-order valence-electron chi connectivity index (χ1n) is 6.83. The van der Waals surface area contributed by atoms with Crippen molar-refractivity contribution in [3.63, 3.8) is 0 Å². The monoisotopic (exact) mass is 304 g/mol. The highest BCUT2D eigenvalue weighted by molar-refractivity contribution is 7.98. The average Bonchev–Trinajstić information content (AvgIpc) is 2.77. The number of hydrogen-bond acceptors (Lipinski definition) is 3. The molecule has 0 aliphatic heterocycles. The molecule has 1 aromatic heterocycles. The average molecular weight is 304 g/mol. The summed E-state index contributed by atoms with van der Waals surface area (Å²) < 4.78 is 5.22. The maximum absolute atomic E-state index is 10.9. The molecule has 0 aliphatic rings. The van der Waals surface area contributed by atoms with Crippen molar-refractivity contribution in [3.05, 3.63) is 53.0 Å². The quantitative estimate of drug-likeness (QED) is 0.818. The molecule has 0 aliphatic carbocycles. The first-order valence-corrected chi connectivity index (χ1v) is 7.82. The fraction of sp³-hybridized carbons (Fsp3) is 0.353. The van der Waals surface area contributed by atoms with Gasteiger partial charge in [0.25, 0.3) is 0 Å². The van der Waals surface area contributed by atoms with Crippen LogP contribution in [0.1, 0.15) is 48.2 Å². The summed E-state index contributed by atoms with van der Waals surface area (Å²) in [4.78, 5) is 12.0. The van der Waals surface area contributed by atoms with E-state index in [1.165, 1.54) is 10.5 Å². The van der Waals surface area contributed by atoms with Crippen molar-refractivity contribution >= 4 is 17.7 Å². The lowest BCUT2D eigenvalue weighted by atomic mass is 9.87. The number of carboxylic acids is 1. The molecule has 4 heteroatoms. The van der Waals surface area contributed by atoms with Gasteiger partial charge in [0.05, 0.1) is 0 Å². The fourth-order valence-electron chi connectivity index (χ4n) is 1.98. The van der Waals surface area contributed by atoms with Crippen LogP contribution in [0.5, 0.6) is 0 Å². The lowest BCUT2D eigenvalue weighted by molar-refractivity contribution is 0.0661. The summed E-state index contributed by atoms with van der Waals surface area (Å²) in [5, 5.41) is 8.91. The van der Waals surface area contributed by atoms with Gasteiger partial charge >= 0.3 is 5.97 Å². The van der Waals surface area contributed by atoms with Gasteiger partial charge in [-0.1, -0.05) is 32.9 Å². The minimum atomic E-state index is -1.02. The Labute approximate surface area is 129 Å². The van der Waals surface area contributed by atoms with E-state index >= 15 is 0 Å². The highest BCUT2D eigenvalue weighted by atomic mass is 32.2. The summed E-state index contributed by atoms with van der Waals surface area (Å²) in [6, 6.07) is 10.1. The standard InChI is InChI=1S/C17H20O3S/c1-11-12(9-15(20-11)16(18)19)10-21-14-7-5-13(6-8-14)17(2,3)4/h5-9H,10H2,1-4H3,(H,18,19). The number of benzene rings is 1. The van der Waals surface area contributed by atoms with Crippen LogP contribution in [0.15, 0.2) is 39.6 Å². The zero-order chi connectivity index (χ0) is 15.6. The smallest absolute Gasteiger partial charge is 0.371 e. The number of carboxylic acid groups (broad SMARTS) is 1. The van der Waals surface area contributed by atoms with Gasteiger partial charge in [-0.05, 0) is 36.1 Å². The molecule has 1 aromatic carbocycles. The lowest BCUT2D eigenvalue weighted by Gasteiger charge is -2.19. The van der Waals surface area contributed by atoms with Crippen molar-refractivity contribution in [1.29, 1.82) is 0 Å². The van der Waals surface area contributed by atoms with Crippen LogP contribution in [-0.4, -0.2) is 11.1 Å². The number of rotatable bonds is 4. The van der Waals surface area contributed by atoms with Crippen molar-refractivity contribution in [2.45, 2.75) is 43.8 Å². The van der Waals surface area contributed by atoms with E-state index in [1.54, 1.807) is 24.8 Å². The normalized spacial score (nSPS) is 11.6. The zero-order valence-electron chi connectivity index (χ0n) is 12.8. The van der Waals surface area contributed by atoms with Crippen molar-refractivity contribution in [2.75, 3.05) is 0 Å². The van der Waals surface area contributed by atoms with Gasteiger partial charge in [0, 0.05) is 16.2 Å². The highest BCUT2D eigenvalue weighted by Crippen LogP contribution is 2.29. The van der Waals surface area contributed by atoms with Crippen molar-refractivity contribution < 1.29 is 14.3 Å². The first-order chi connectivity index (χ1) is 9.77. The summed E-state index contributed by atoms with van der Waals surface area (Å²) in [5.41, 5.74) is 2.39. The number of aryl methyl sites for hydroxylation is 1. The molecule has 112 valence electrons. The van der Waals surface area contributed by atoms with Crippen LogP contribution in [0.4, 0.5) is 0 Å². The van der Waals surface area contributed by atoms with Crippen LogP contribution in [0.3, 0.4) is 0 Å². The Kier molecular flexibility index (Phi) is 4.47. The van der Waals surface area contributed by atoms with E-state index in [2.05, 4.69) is 45.0 Å².